The van der Waals surface area contributed by atoms with Crippen molar-refractivity contribution >= 4 is 0 Å². The summed E-state index contributed by atoms with van der Waals surface area (Å²) >= 11 is 0. The molecule has 0 saturated carbocycles. The lowest BCUT2D eigenvalue weighted by molar-refractivity contribution is 0.172. The van der Waals surface area contributed by atoms with Crippen molar-refractivity contribution in [2.75, 3.05) is 33.4 Å². The first-order valence-corrected chi connectivity index (χ1v) is 6.82. The molecule has 1 N–H and O–H groups in total. The van der Waals surface area contributed by atoms with E-state index >= 15 is 0 Å². The Bertz CT molecular complexity index is 331. The van der Waals surface area contributed by atoms with Gasteiger partial charge in [-0.2, -0.15) is 0 Å². The van der Waals surface area contributed by atoms with Gasteiger partial charge in [0.1, 0.15) is 5.75 Å². The van der Waals surface area contributed by atoms with Gasteiger partial charge in [0.05, 0.1) is 6.61 Å². The van der Waals surface area contributed by atoms with Crippen LogP contribution in [0.3, 0.4) is 0 Å². The fraction of sp³-hybridized carbons (Fsp3) is 0.600. The van der Waals surface area contributed by atoms with E-state index in [0.717, 1.165) is 38.5 Å². The third-order valence-corrected chi connectivity index (χ3v) is 3.45. The summed E-state index contributed by atoms with van der Waals surface area (Å²) in [6.07, 6.45) is 3.43. The van der Waals surface area contributed by atoms with Crippen LogP contribution in [-0.4, -0.2) is 33.4 Å². The van der Waals surface area contributed by atoms with Crippen molar-refractivity contribution in [2.45, 2.75) is 25.2 Å². The maximum atomic E-state index is 5.66. The first-order chi connectivity index (χ1) is 8.90. The zero-order chi connectivity index (χ0) is 12.6. The molecular formula is C15H23NO2. The van der Waals surface area contributed by atoms with E-state index in [1.54, 1.807) is 7.11 Å². The Balaban J connectivity index is 1.81. The SMILES string of the molecule is COCCCOc1ccc(C2CCNCC2)cc1. The van der Waals surface area contributed by atoms with Gasteiger partial charge in [0.2, 0.25) is 0 Å². The largest absolute Gasteiger partial charge is 0.494 e. The van der Waals surface area contributed by atoms with Gasteiger partial charge >= 0.3 is 0 Å². The summed E-state index contributed by atoms with van der Waals surface area (Å²) in [5.74, 6) is 1.68. The molecule has 0 unspecified atom stereocenters. The molecule has 1 heterocycles. The van der Waals surface area contributed by atoms with Gasteiger partial charge in [0.25, 0.3) is 0 Å². The van der Waals surface area contributed by atoms with Gasteiger partial charge in [-0.25, -0.2) is 0 Å². The molecule has 0 amide bonds. The number of benzene rings is 1. The highest BCUT2D eigenvalue weighted by Gasteiger charge is 2.14. The maximum Gasteiger partial charge on any atom is 0.119 e. The van der Waals surface area contributed by atoms with E-state index in [9.17, 15) is 0 Å². The molecule has 100 valence electrons. The van der Waals surface area contributed by atoms with Gasteiger partial charge in [-0.05, 0) is 49.5 Å². The Morgan fingerprint density at radius 1 is 1.11 bits per heavy atom. The molecule has 0 bridgehead atoms. The number of ether oxygens (including phenoxy) is 2. The Morgan fingerprint density at radius 3 is 2.50 bits per heavy atom. The summed E-state index contributed by atoms with van der Waals surface area (Å²) in [6, 6.07) is 8.59. The molecule has 3 heteroatoms. The predicted octanol–water partition coefficient (Wildman–Crippen LogP) is 2.57. The summed E-state index contributed by atoms with van der Waals surface area (Å²) in [5.41, 5.74) is 1.45. The van der Waals surface area contributed by atoms with E-state index in [4.69, 9.17) is 9.47 Å². The summed E-state index contributed by atoms with van der Waals surface area (Å²) in [7, 11) is 1.72. The number of nitrogens with one attached hydrogen (secondary N) is 1. The summed E-state index contributed by atoms with van der Waals surface area (Å²) in [4.78, 5) is 0. The monoisotopic (exact) mass is 249 g/mol. The van der Waals surface area contributed by atoms with Gasteiger partial charge < -0.3 is 14.8 Å². The molecule has 1 aliphatic heterocycles. The number of hydrogen-bond donors (Lipinski definition) is 1. The van der Waals surface area contributed by atoms with Crippen molar-refractivity contribution in [2.24, 2.45) is 0 Å². The van der Waals surface area contributed by atoms with Crippen LogP contribution in [0.5, 0.6) is 5.75 Å². The molecule has 2 rings (SSSR count). The van der Waals surface area contributed by atoms with Crippen LogP contribution >= 0.6 is 0 Å². The van der Waals surface area contributed by atoms with Crippen LogP contribution in [0.1, 0.15) is 30.7 Å². The lowest BCUT2D eigenvalue weighted by Crippen LogP contribution is -2.26. The first kappa shape index (κ1) is 13.4. The molecule has 0 aromatic heterocycles. The molecule has 1 fully saturated rings. The smallest absolute Gasteiger partial charge is 0.119 e. The van der Waals surface area contributed by atoms with E-state index in [2.05, 4.69) is 29.6 Å². The molecule has 0 atom stereocenters. The van der Waals surface area contributed by atoms with Crippen molar-refractivity contribution in [1.29, 1.82) is 0 Å². The van der Waals surface area contributed by atoms with E-state index in [1.165, 1.54) is 18.4 Å². The molecule has 1 aromatic carbocycles. The molecule has 1 saturated heterocycles. The van der Waals surface area contributed by atoms with E-state index in [-0.39, 0.29) is 0 Å². The lowest BCUT2D eigenvalue weighted by atomic mass is 9.90. The second-order valence-corrected chi connectivity index (χ2v) is 4.79. The van der Waals surface area contributed by atoms with Crippen molar-refractivity contribution in [3.05, 3.63) is 29.8 Å². The van der Waals surface area contributed by atoms with Crippen LogP contribution < -0.4 is 10.1 Å². The Kier molecular flexibility index (Phi) is 5.49. The third-order valence-electron chi connectivity index (χ3n) is 3.45. The first-order valence-electron chi connectivity index (χ1n) is 6.82. The quantitative estimate of drug-likeness (QED) is 0.786. The Morgan fingerprint density at radius 2 is 1.83 bits per heavy atom. The topological polar surface area (TPSA) is 30.5 Å². The van der Waals surface area contributed by atoms with E-state index in [0.29, 0.717) is 5.92 Å². The van der Waals surface area contributed by atoms with Crippen molar-refractivity contribution in [3.8, 4) is 5.75 Å². The zero-order valence-electron chi connectivity index (χ0n) is 11.2. The average Bonchev–Trinajstić information content (AvgIpc) is 2.45. The highest BCUT2D eigenvalue weighted by molar-refractivity contribution is 5.29. The molecule has 1 aliphatic rings. The molecule has 18 heavy (non-hydrogen) atoms. The van der Waals surface area contributed by atoms with E-state index < -0.39 is 0 Å². The summed E-state index contributed by atoms with van der Waals surface area (Å²) in [5, 5.41) is 3.40. The van der Waals surface area contributed by atoms with Crippen molar-refractivity contribution in [1.82, 2.24) is 5.32 Å². The average molecular weight is 249 g/mol. The minimum Gasteiger partial charge on any atom is -0.494 e. The fourth-order valence-electron chi connectivity index (χ4n) is 2.38. The normalized spacial score (nSPS) is 16.7. The molecule has 3 nitrogen and oxygen atoms in total. The maximum absolute atomic E-state index is 5.66. The highest BCUT2D eigenvalue weighted by atomic mass is 16.5. The van der Waals surface area contributed by atoms with Crippen molar-refractivity contribution in [3.63, 3.8) is 0 Å². The van der Waals surface area contributed by atoms with Crippen LogP contribution in [0.2, 0.25) is 0 Å². The molecular weight excluding hydrogens is 226 g/mol. The second kappa shape index (κ2) is 7.39. The van der Waals surface area contributed by atoms with Crippen molar-refractivity contribution < 1.29 is 9.47 Å². The number of methoxy groups -OCH3 is 1. The molecule has 0 aliphatic carbocycles. The number of piperidine rings is 1. The minimum absolute atomic E-state index is 0.716. The Labute approximate surface area is 109 Å². The zero-order valence-corrected chi connectivity index (χ0v) is 11.2. The van der Waals surface area contributed by atoms with Gasteiger partial charge in [-0.1, -0.05) is 12.1 Å². The van der Waals surface area contributed by atoms with Crippen LogP contribution in [0.15, 0.2) is 24.3 Å². The lowest BCUT2D eigenvalue weighted by Gasteiger charge is -2.23. The highest BCUT2D eigenvalue weighted by Crippen LogP contribution is 2.26. The van der Waals surface area contributed by atoms with Gasteiger partial charge in [-0.3, -0.25) is 0 Å². The summed E-state index contributed by atoms with van der Waals surface area (Å²) < 4.78 is 10.7. The molecule has 0 spiro atoms. The number of rotatable bonds is 6. The van der Waals surface area contributed by atoms with Crippen LogP contribution in [0, 0.1) is 0 Å². The number of hydrogen-bond acceptors (Lipinski definition) is 3. The predicted molar refractivity (Wildman–Crippen MR) is 73.3 cm³/mol. The second-order valence-electron chi connectivity index (χ2n) is 4.79. The van der Waals surface area contributed by atoms with Crippen LogP contribution in [0.25, 0.3) is 0 Å². The molecule has 0 radical (unpaired) electrons. The fourth-order valence-corrected chi connectivity index (χ4v) is 2.38. The summed E-state index contributed by atoms with van der Waals surface area (Å²) in [6.45, 7) is 3.76. The van der Waals surface area contributed by atoms with E-state index in [1.807, 2.05) is 0 Å². The van der Waals surface area contributed by atoms with Crippen LogP contribution in [-0.2, 0) is 4.74 Å². The third kappa shape index (κ3) is 4.00. The molecule has 1 aromatic rings. The van der Waals surface area contributed by atoms with Crippen LogP contribution in [0.4, 0.5) is 0 Å². The van der Waals surface area contributed by atoms with Gasteiger partial charge in [-0.15, -0.1) is 0 Å². The Hall–Kier alpha value is -1.06. The minimum atomic E-state index is 0.716. The van der Waals surface area contributed by atoms with Gasteiger partial charge in [0, 0.05) is 20.1 Å². The standard InChI is InChI=1S/C15H23NO2/c1-17-11-2-12-18-15-5-3-13(4-6-15)14-7-9-16-10-8-14/h3-6,14,16H,2,7-12H2,1H3. The van der Waals surface area contributed by atoms with Gasteiger partial charge in [0.15, 0.2) is 0 Å².